The van der Waals surface area contributed by atoms with Gasteiger partial charge in [-0.05, 0) is 48.4 Å². The average Bonchev–Trinajstić information content (AvgIpc) is 2.79. The molecule has 1 amide bonds. The molecule has 0 saturated heterocycles. The lowest BCUT2D eigenvalue weighted by Gasteiger charge is -2.26. The Balaban J connectivity index is 1.57. The van der Waals surface area contributed by atoms with Crippen molar-refractivity contribution in [2.24, 2.45) is 0 Å². The number of ether oxygens (including phenoxy) is 2. The van der Waals surface area contributed by atoms with E-state index in [4.69, 9.17) is 9.47 Å². The van der Waals surface area contributed by atoms with E-state index in [0.29, 0.717) is 23.6 Å². The highest BCUT2D eigenvalue weighted by Crippen LogP contribution is 2.32. The Bertz CT molecular complexity index is 1030. The van der Waals surface area contributed by atoms with Gasteiger partial charge >= 0.3 is 5.97 Å². The molecule has 1 N–H and O–H groups in total. The first-order valence-corrected chi connectivity index (χ1v) is 10.3. The third kappa shape index (κ3) is 5.72. The van der Waals surface area contributed by atoms with E-state index in [1.165, 1.54) is 5.56 Å². The predicted molar refractivity (Wildman–Crippen MR) is 122 cm³/mol. The lowest BCUT2D eigenvalue weighted by atomic mass is 9.78. The van der Waals surface area contributed by atoms with Gasteiger partial charge in [-0.25, -0.2) is 4.79 Å². The van der Waals surface area contributed by atoms with Gasteiger partial charge in [0.05, 0.1) is 12.2 Å². The summed E-state index contributed by atoms with van der Waals surface area (Å²) in [6.45, 7) is 6.26. The summed E-state index contributed by atoms with van der Waals surface area (Å²) in [7, 11) is 0. The van der Waals surface area contributed by atoms with E-state index in [1.807, 2.05) is 42.5 Å². The molecule has 0 aliphatic rings. The van der Waals surface area contributed by atoms with Crippen molar-refractivity contribution in [1.82, 2.24) is 0 Å². The number of rotatable bonds is 8. The molecule has 0 spiro atoms. The first-order chi connectivity index (χ1) is 14.9. The lowest BCUT2D eigenvalue weighted by molar-refractivity contribution is -0.118. The summed E-state index contributed by atoms with van der Waals surface area (Å²) in [6.07, 6.45) is 0. The first-order valence-electron chi connectivity index (χ1n) is 10.3. The van der Waals surface area contributed by atoms with Gasteiger partial charge in [0, 0.05) is 11.1 Å². The Morgan fingerprint density at radius 1 is 0.871 bits per heavy atom. The van der Waals surface area contributed by atoms with E-state index in [2.05, 4.69) is 31.3 Å². The number of carbonyl (C=O) groups is 2. The minimum absolute atomic E-state index is 0.134. The largest absolute Gasteiger partial charge is 0.484 e. The molecule has 0 radical (unpaired) electrons. The lowest BCUT2D eigenvalue weighted by Crippen LogP contribution is -2.21. The Morgan fingerprint density at radius 3 is 2.23 bits per heavy atom. The summed E-state index contributed by atoms with van der Waals surface area (Å²) in [5, 5.41) is 2.73. The van der Waals surface area contributed by atoms with E-state index < -0.39 is 5.97 Å². The van der Waals surface area contributed by atoms with E-state index in [1.54, 1.807) is 31.2 Å². The minimum atomic E-state index is -0.423. The maximum Gasteiger partial charge on any atom is 0.338 e. The summed E-state index contributed by atoms with van der Waals surface area (Å²) in [4.78, 5) is 24.1. The van der Waals surface area contributed by atoms with Gasteiger partial charge in [-0.15, -0.1) is 0 Å². The fourth-order valence-corrected chi connectivity index (χ4v) is 3.27. The van der Waals surface area contributed by atoms with Gasteiger partial charge in [0.2, 0.25) is 0 Å². The Hall–Kier alpha value is -3.60. The molecule has 0 fully saturated rings. The molecule has 0 saturated carbocycles. The fraction of sp³-hybridized carbons (Fsp3) is 0.231. The van der Waals surface area contributed by atoms with Crippen LogP contribution >= 0.6 is 0 Å². The number of anilines is 1. The Labute approximate surface area is 183 Å². The summed E-state index contributed by atoms with van der Waals surface area (Å²) in [5.41, 5.74) is 3.15. The number of hydrogen-bond donors (Lipinski definition) is 1. The molecule has 0 aromatic heterocycles. The van der Waals surface area contributed by atoms with Gasteiger partial charge in [0.1, 0.15) is 5.75 Å². The normalized spacial score (nSPS) is 10.9. The van der Waals surface area contributed by atoms with E-state index in [-0.39, 0.29) is 17.9 Å². The molecule has 3 rings (SSSR count). The van der Waals surface area contributed by atoms with Crippen molar-refractivity contribution in [3.05, 3.63) is 95.6 Å². The van der Waals surface area contributed by atoms with Crippen LogP contribution < -0.4 is 10.1 Å². The third-order valence-corrected chi connectivity index (χ3v) is 5.10. The summed E-state index contributed by atoms with van der Waals surface area (Å²) in [5.74, 6) is -0.119. The van der Waals surface area contributed by atoms with Gasteiger partial charge in [0.25, 0.3) is 5.91 Å². The van der Waals surface area contributed by atoms with Gasteiger partial charge in [-0.3, -0.25) is 4.79 Å². The van der Waals surface area contributed by atoms with Gasteiger partial charge < -0.3 is 14.8 Å². The van der Waals surface area contributed by atoms with E-state index in [9.17, 15) is 9.59 Å². The zero-order valence-corrected chi connectivity index (χ0v) is 18.1. The molecule has 31 heavy (non-hydrogen) atoms. The van der Waals surface area contributed by atoms with Crippen LogP contribution in [0.1, 0.15) is 42.3 Å². The smallest absolute Gasteiger partial charge is 0.338 e. The Morgan fingerprint density at radius 2 is 1.55 bits per heavy atom. The number of esters is 1. The molecule has 3 aromatic rings. The van der Waals surface area contributed by atoms with Crippen molar-refractivity contribution >= 4 is 17.6 Å². The standard InChI is InChI=1S/C26H27NO4/c1-4-30-25(29)19-9-8-12-22(17-19)27-24(28)18-31-23-15-13-21(14-16-23)26(2,3)20-10-6-5-7-11-20/h5-17H,4,18H2,1-3H3,(H,27,28). The van der Waals surface area contributed by atoms with Crippen molar-refractivity contribution in [3.63, 3.8) is 0 Å². The highest BCUT2D eigenvalue weighted by Gasteiger charge is 2.22. The Kier molecular flexibility index (Phi) is 7.08. The van der Waals surface area contributed by atoms with Crippen LogP contribution in [-0.4, -0.2) is 25.1 Å². The monoisotopic (exact) mass is 417 g/mol. The number of carbonyl (C=O) groups excluding carboxylic acids is 2. The molecule has 0 unspecified atom stereocenters. The van der Waals surface area contributed by atoms with Crippen LogP contribution in [-0.2, 0) is 14.9 Å². The summed E-state index contributed by atoms with van der Waals surface area (Å²) < 4.78 is 10.6. The first kappa shape index (κ1) is 22.1. The molecule has 0 atom stereocenters. The fourth-order valence-electron chi connectivity index (χ4n) is 3.27. The van der Waals surface area contributed by atoms with E-state index >= 15 is 0 Å². The molecule has 0 heterocycles. The van der Waals surface area contributed by atoms with Gasteiger partial charge in [-0.1, -0.05) is 62.4 Å². The predicted octanol–water partition coefficient (Wildman–Crippen LogP) is 5.21. The van der Waals surface area contributed by atoms with E-state index in [0.717, 1.165) is 5.56 Å². The number of hydrogen-bond acceptors (Lipinski definition) is 4. The SMILES string of the molecule is CCOC(=O)c1cccc(NC(=O)COc2ccc(C(C)(C)c3ccccc3)cc2)c1. The molecule has 5 heteroatoms. The maximum absolute atomic E-state index is 12.3. The van der Waals surface area contributed by atoms with Crippen molar-refractivity contribution < 1.29 is 19.1 Å². The average molecular weight is 418 g/mol. The third-order valence-electron chi connectivity index (χ3n) is 5.10. The minimum Gasteiger partial charge on any atom is -0.484 e. The van der Waals surface area contributed by atoms with Crippen LogP contribution in [0, 0.1) is 0 Å². The summed E-state index contributed by atoms with van der Waals surface area (Å²) in [6, 6.07) is 24.7. The number of amides is 1. The van der Waals surface area contributed by atoms with Crippen molar-refractivity contribution in [2.75, 3.05) is 18.5 Å². The molecule has 0 bridgehead atoms. The van der Waals surface area contributed by atoms with Crippen LogP contribution in [0.5, 0.6) is 5.75 Å². The van der Waals surface area contributed by atoms with Crippen molar-refractivity contribution in [1.29, 1.82) is 0 Å². The van der Waals surface area contributed by atoms with Gasteiger partial charge in [-0.2, -0.15) is 0 Å². The molecule has 0 aliphatic carbocycles. The zero-order valence-electron chi connectivity index (χ0n) is 18.1. The molecular formula is C26H27NO4. The van der Waals surface area contributed by atoms with Crippen LogP contribution in [0.2, 0.25) is 0 Å². The molecule has 5 nitrogen and oxygen atoms in total. The highest BCUT2D eigenvalue weighted by molar-refractivity contribution is 5.95. The van der Waals surface area contributed by atoms with Gasteiger partial charge in [0.15, 0.2) is 6.61 Å². The second-order valence-corrected chi connectivity index (χ2v) is 7.65. The zero-order chi connectivity index (χ0) is 22.3. The molecule has 160 valence electrons. The number of benzene rings is 3. The van der Waals surface area contributed by atoms with Crippen LogP contribution in [0.25, 0.3) is 0 Å². The van der Waals surface area contributed by atoms with Crippen LogP contribution in [0.15, 0.2) is 78.9 Å². The molecule has 3 aromatic carbocycles. The van der Waals surface area contributed by atoms with Crippen molar-refractivity contribution in [3.8, 4) is 5.75 Å². The molecule has 0 aliphatic heterocycles. The van der Waals surface area contributed by atoms with Crippen molar-refractivity contribution in [2.45, 2.75) is 26.2 Å². The maximum atomic E-state index is 12.3. The van der Waals surface area contributed by atoms with Crippen LogP contribution in [0.4, 0.5) is 5.69 Å². The summed E-state index contributed by atoms with van der Waals surface area (Å²) >= 11 is 0. The molecular weight excluding hydrogens is 390 g/mol. The topological polar surface area (TPSA) is 64.6 Å². The second kappa shape index (κ2) is 9.94. The number of nitrogens with one attached hydrogen (secondary N) is 1. The highest BCUT2D eigenvalue weighted by atomic mass is 16.5. The quantitative estimate of drug-likeness (QED) is 0.511. The second-order valence-electron chi connectivity index (χ2n) is 7.65. The van der Waals surface area contributed by atoms with Crippen LogP contribution in [0.3, 0.4) is 0 Å².